The van der Waals surface area contributed by atoms with Crippen LogP contribution in [0.4, 0.5) is 0 Å². The summed E-state index contributed by atoms with van der Waals surface area (Å²) in [6.07, 6.45) is 4.81. The van der Waals surface area contributed by atoms with Gasteiger partial charge in [-0.2, -0.15) is 0 Å². The lowest BCUT2D eigenvalue weighted by Gasteiger charge is -2.38. The first-order valence-corrected chi connectivity index (χ1v) is 9.11. The summed E-state index contributed by atoms with van der Waals surface area (Å²) in [5, 5.41) is 2.94. The first-order chi connectivity index (χ1) is 11.6. The zero-order valence-electron chi connectivity index (χ0n) is 14.1. The van der Waals surface area contributed by atoms with Crippen LogP contribution in [0.1, 0.15) is 38.5 Å². The molecule has 1 unspecified atom stereocenters. The van der Waals surface area contributed by atoms with Crippen molar-refractivity contribution in [2.24, 2.45) is 5.41 Å². The number of nitrogens with zero attached hydrogens (tertiary/aromatic N) is 1. The Labute approximate surface area is 142 Å². The highest BCUT2D eigenvalue weighted by atomic mass is 16.7. The summed E-state index contributed by atoms with van der Waals surface area (Å²) < 4.78 is 16.9. The number of carbonyl (C=O) groups is 2. The molecule has 1 saturated carbocycles. The van der Waals surface area contributed by atoms with E-state index in [0.29, 0.717) is 58.5 Å². The summed E-state index contributed by atoms with van der Waals surface area (Å²) in [6, 6.07) is 0. The molecule has 4 fully saturated rings. The Morgan fingerprint density at radius 1 is 1.04 bits per heavy atom. The molecule has 3 saturated heterocycles. The van der Waals surface area contributed by atoms with Crippen molar-refractivity contribution >= 4 is 11.8 Å². The Hall–Kier alpha value is -1.18. The molecule has 1 atom stereocenters. The van der Waals surface area contributed by atoms with E-state index in [1.54, 1.807) is 0 Å². The number of ether oxygens (including phenoxy) is 3. The van der Waals surface area contributed by atoms with Gasteiger partial charge in [0.05, 0.1) is 19.3 Å². The Morgan fingerprint density at radius 2 is 1.75 bits per heavy atom. The van der Waals surface area contributed by atoms with Gasteiger partial charge in [-0.05, 0) is 25.7 Å². The van der Waals surface area contributed by atoms with Gasteiger partial charge in [0.25, 0.3) is 0 Å². The molecule has 1 spiro atoms. The summed E-state index contributed by atoms with van der Waals surface area (Å²) >= 11 is 0. The van der Waals surface area contributed by atoms with E-state index in [1.807, 2.05) is 4.90 Å². The van der Waals surface area contributed by atoms with Crippen LogP contribution < -0.4 is 5.32 Å². The Morgan fingerprint density at radius 3 is 2.33 bits per heavy atom. The zero-order valence-corrected chi connectivity index (χ0v) is 14.1. The highest BCUT2D eigenvalue weighted by Gasteiger charge is 2.58. The fourth-order valence-corrected chi connectivity index (χ4v) is 3.98. The maximum Gasteiger partial charge on any atom is 0.238 e. The van der Waals surface area contributed by atoms with Crippen molar-refractivity contribution in [2.45, 2.75) is 50.4 Å². The van der Waals surface area contributed by atoms with E-state index in [4.69, 9.17) is 14.2 Å². The summed E-state index contributed by atoms with van der Waals surface area (Å²) in [5.41, 5.74) is -0.833. The first-order valence-electron chi connectivity index (χ1n) is 9.11. The highest BCUT2D eigenvalue weighted by Crippen LogP contribution is 2.48. The van der Waals surface area contributed by atoms with E-state index < -0.39 is 11.2 Å². The number of hydrogen-bond donors (Lipinski definition) is 1. The Bertz CT molecular complexity index is 497. The lowest BCUT2D eigenvalue weighted by Crippen LogP contribution is -2.52. The Balaban J connectivity index is 1.31. The van der Waals surface area contributed by atoms with Gasteiger partial charge in [-0.1, -0.05) is 0 Å². The number of amides is 2. The maximum atomic E-state index is 12.9. The van der Waals surface area contributed by atoms with Gasteiger partial charge in [0.1, 0.15) is 5.41 Å². The third kappa shape index (κ3) is 2.93. The summed E-state index contributed by atoms with van der Waals surface area (Å²) in [4.78, 5) is 27.2. The van der Waals surface area contributed by atoms with Crippen molar-refractivity contribution < 1.29 is 23.8 Å². The molecule has 4 aliphatic rings. The lowest BCUT2D eigenvalue weighted by molar-refractivity contribution is -0.188. The molecule has 0 aromatic heterocycles. The van der Waals surface area contributed by atoms with Crippen LogP contribution in [0.5, 0.6) is 0 Å². The molecule has 1 aliphatic carbocycles. The lowest BCUT2D eigenvalue weighted by atomic mass is 9.98. The number of piperidine rings is 1. The molecule has 3 heterocycles. The summed E-state index contributed by atoms with van der Waals surface area (Å²) in [5.74, 6) is -0.646. The number of carbonyl (C=O) groups excluding carboxylic acids is 2. The van der Waals surface area contributed by atoms with Crippen molar-refractivity contribution in [3.05, 3.63) is 0 Å². The number of hydrogen-bond acceptors (Lipinski definition) is 5. The van der Waals surface area contributed by atoms with Crippen molar-refractivity contribution in [1.29, 1.82) is 0 Å². The molecule has 3 aliphatic heterocycles. The predicted octanol–water partition coefficient (Wildman–Crippen LogP) is 0.427. The van der Waals surface area contributed by atoms with Gasteiger partial charge in [-0.15, -0.1) is 0 Å². The van der Waals surface area contributed by atoms with Crippen LogP contribution in [-0.2, 0) is 23.8 Å². The van der Waals surface area contributed by atoms with Crippen LogP contribution in [0.3, 0.4) is 0 Å². The minimum Gasteiger partial charge on any atom is -0.376 e. The SMILES string of the molecule is O=C(NCC1CCCO1)C1(C(=O)N2CCC3(CC2)OCCO3)CC1. The Kier molecular flexibility index (Phi) is 4.26. The fraction of sp³-hybridized carbons (Fsp3) is 0.882. The van der Waals surface area contributed by atoms with Gasteiger partial charge in [0.2, 0.25) is 11.8 Å². The van der Waals surface area contributed by atoms with Crippen LogP contribution in [0.2, 0.25) is 0 Å². The second-order valence-corrected chi connectivity index (χ2v) is 7.33. The number of likely N-dealkylation sites (tertiary alicyclic amines) is 1. The molecule has 1 N–H and O–H groups in total. The zero-order chi connectivity index (χ0) is 16.6. The topological polar surface area (TPSA) is 77.1 Å². The van der Waals surface area contributed by atoms with Crippen LogP contribution >= 0.6 is 0 Å². The molecule has 7 nitrogen and oxygen atoms in total. The van der Waals surface area contributed by atoms with Gasteiger partial charge in [0.15, 0.2) is 5.79 Å². The van der Waals surface area contributed by atoms with Gasteiger partial charge < -0.3 is 24.4 Å². The molecular weight excluding hydrogens is 312 g/mol. The van der Waals surface area contributed by atoms with Crippen molar-refractivity contribution in [3.8, 4) is 0 Å². The van der Waals surface area contributed by atoms with E-state index in [0.717, 1.165) is 19.4 Å². The minimum atomic E-state index is -0.833. The molecule has 0 aromatic carbocycles. The average molecular weight is 338 g/mol. The molecule has 2 amide bonds. The normalized spacial score (nSPS) is 30.5. The van der Waals surface area contributed by atoms with Crippen molar-refractivity contribution in [3.63, 3.8) is 0 Å². The van der Waals surface area contributed by atoms with Crippen LogP contribution in [0, 0.1) is 5.41 Å². The number of nitrogens with one attached hydrogen (secondary N) is 1. The van der Waals surface area contributed by atoms with E-state index in [1.165, 1.54) is 0 Å². The predicted molar refractivity (Wildman–Crippen MR) is 84.1 cm³/mol. The fourth-order valence-electron chi connectivity index (χ4n) is 3.98. The first kappa shape index (κ1) is 16.3. The highest BCUT2D eigenvalue weighted by molar-refractivity contribution is 6.07. The quantitative estimate of drug-likeness (QED) is 0.752. The standard InChI is InChI=1S/C17H26N2O5/c20-14(18-12-13-2-1-9-22-13)16(3-4-16)15(21)19-7-5-17(6-8-19)23-10-11-24-17/h13H,1-12H2,(H,18,20). The van der Waals surface area contributed by atoms with Crippen LogP contribution in [0.25, 0.3) is 0 Å². The summed E-state index contributed by atoms with van der Waals surface area (Å²) in [6.45, 7) is 3.73. The number of rotatable bonds is 4. The van der Waals surface area contributed by atoms with Crippen LogP contribution in [-0.4, -0.2) is 68.1 Å². The molecule has 134 valence electrons. The molecule has 0 aromatic rings. The van der Waals surface area contributed by atoms with E-state index >= 15 is 0 Å². The van der Waals surface area contributed by atoms with Crippen molar-refractivity contribution in [2.75, 3.05) is 39.5 Å². The molecule has 0 bridgehead atoms. The molecule has 7 heteroatoms. The average Bonchev–Trinajstić information content (AvgIpc) is 3.02. The molecule has 24 heavy (non-hydrogen) atoms. The van der Waals surface area contributed by atoms with Crippen LogP contribution in [0.15, 0.2) is 0 Å². The molecule has 4 rings (SSSR count). The molecule has 0 radical (unpaired) electrons. The van der Waals surface area contributed by atoms with Gasteiger partial charge in [-0.25, -0.2) is 0 Å². The van der Waals surface area contributed by atoms with E-state index in [9.17, 15) is 9.59 Å². The second kappa shape index (κ2) is 6.28. The smallest absolute Gasteiger partial charge is 0.238 e. The van der Waals surface area contributed by atoms with Gasteiger partial charge >= 0.3 is 0 Å². The minimum absolute atomic E-state index is 0.0276. The largest absolute Gasteiger partial charge is 0.376 e. The second-order valence-electron chi connectivity index (χ2n) is 7.33. The molecular formula is C17H26N2O5. The van der Waals surface area contributed by atoms with E-state index in [2.05, 4.69) is 5.32 Å². The monoisotopic (exact) mass is 338 g/mol. The van der Waals surface area contributed by atoms with E-state index in [-0.39, 0.29) is 17.9 Å². The maximum absolute atomic E-state index is 12.9. The summed E-state index contributed by atoms with van der Waals surface area (Å²) in [7, 11) is 0. The third-order valence-electron chi connectivity index (χ3n) is 5.73. The van der Waals surface area contributed by atoms with Gasteiger partial charge in [-0.3, -0.25) is 9.59 Å². The third-order valence-corrected chi connectivity index (χ3v) is 5.73. The van der Waals surface area contributed by atoms with Gasteiger partial charge in [0, 0.05) is 39.1 Å². The van der Waals surface area contributed by atoms with Crippen molar-refractivity contribution in [1.82, 2.24) is 10.2 Å².